The molecule has 1 rings (SSSR count). The fourth-order valence-corrected chi connectivity index (χ4v) is 1.71. The standard InChI is InChI=1S/C12H25NO/c1-5-7-13-10-8-11(9-10)14-12(3,4)6-2/h10-11,13H,5-9H2,1-4H3. The molecule has 0 spiro atoms. The molecule has 14 heavy (non-hydrogen) atoms. The number of hydrogen-bond acceptors (Lipinski definition) is 2. The average Bonchev–Trinajstić information content (AvgIpc) is 2.09. The van der Waals surface area contributed by atoms with Crippen LogP contribution >= 0.6 is 0 Å². The number of ether oxygens (including phenoxy) is 1. The van der Waals surface area contributed by atoms with Gasteiger partial charge in [0.25, 0.3) is 0 Å². The molecule has 0 aliphatic heterocycles. The Labute approximate surface area is 88.4 Å². The highest BCUT2D eigenvalue weighted by Gasteiger charge is 2.33. The Morgan fingerprint density at radius 2 is 1.93 bits per heavy atom. The van der Waals surface area contributed by atoms with Gasteiger partial charge in [-0.15, -0.1) is 0 Å². The van der Waals surface area contributed by atoms with Crippen LogP contribution in [0.15, 0.2) is 0 Å². The summed E-state index contributed by atoms with van der Waals surface area (Å²) in [6, 6.07) is 0.715. The highest BCUT2D eigenvalue weighted by molar-refractivity contribution is 4.87. The molecule has 0 heterocycles. The highest BCUT2D eigenvalue weighted by Crippen LogP contribution is 2.29. The van der Waals surface area contributed by atoms with E-state index in [4.69, 9.17) is 4.74 Å². The van der Waals surface area contributed by atoms with E-state index in [1.54, 1.807) is 0 Å². The summed E-state index contributed by atoms with van der Waals surface area (Å²) in [6.07, 6.45) is 5.21. The summed E-state index contributed by atoms with van der Waals surface area (Å²) in [5, 5.41) is 3.52. The second-order valence-corrected chi connectivity index (χ2v) is 4.98. The van der Waals surface area contributed by atoms with Gasteiger partial charge in [-0.3, -0.25) is 0 Å². The van der Waals surface area contributed by atoms with Gasteiger partial charge >= 0.3 is 0 Å². The van der Waals surface area contributed by atoms with Gasteiger partial charge < -0.3 is 10.1 Å². The van der Waals surface area contributed by atoms with E-state index in [0.717, 1.165) is 13.0 Å². The Balaban J connectivity index is 2.09. The third-order valence-electron chi connectivity index (χ3n) is 3.11. The number of rotatable bonds is 6. The molecular weight excluding hydrogens is 174 g/mol. The maximum atomic E-state index is 5.99. The van der Waals surface area contributed by atoms with Crippen molar-refractivity contribution in [3.8, 4) is 0 Å². The average molecular weight is 199 g/mol. The van der Waals surface area contributed by atoms with E-state index in [1.165, 1.54) is 19.3 Å². The first kappa shape index (κ1) is 12.0. The van der Waals surface area contributed by atoms with Gasteiger partial charge in [-0.2, -0.15) is 0 Å². The zero-order chi connectivity index (χ0) is 10.6. The first-order chi connectivity index (χ1) is 6.57. The van der Waals surface area contributed by atoms with Crippen LogP contribution in [0.4, 0.5) is 0 Å². The first-order valence-corrected chi connectivity index (χ1v) is 5.98. The highest BCUT2D eigenvalue weighted by atomic mass is 16.5. The molecule has 0 aromatic heterocycles. The monoisotopic (exact) mass is 199 g/mol. The van der Waals surface area contributed by atoms with Crippen LogP contribution in [0.1, 0.15) is 53.4 Å². The molecule has 1 saturated carbocycles. The van der Waals surface area contributed by atoms with Gasteiger partial charge in [0.2, 0.25) is 0 Å². The topological polar surface area (TPSA) is 21.3 Å². The fourth-order valence-electron chi connectivity index (χ4n) is 1.71. The minimum Gasteiger partial charge on any atom is -0.372 e. The van der Waals surface area contributed by atoms with E-state index in [1.807, 2.05) is 0 Å². The quantitative estimate of drug-likeness (QED) is 0.710. The Bertz CT molecular complexity index is 162. The van der Waals surface area contributed by atoms with Crippen LogP contribution in [0, 0.1) is 0 Å². The van der Waals surface area contributed by atoms with Crippen molar-refractivity contribution in [2.75, 3.05) is 6.54 Å². The molecule has 0 atom stereocenters. The van der Waals surface area contributed by atoms with Crippen LogP contribution < -0.4 is 5.32 Å². The predicted molar refractivity (Wildman–Crippen MR) is 60.6 cm³/mol. The summed E-state index contributed by atoms with van der Waals surface area (Å²) < 4.78 is 5.99. The van der Waals surface area contributed by atoms with E-state index in [-0.39, 0.29) is 5.60 Å². The molecule has 0 radical (unpaired) electrons. The molecule has 1 fully saturated rings. The zero-order valence-corrected chi connectivity index (χ0v) is 10.1. The van der Waals surface area contributed by atoms with Crippen LogP contribution in [0.25, 0.3) is 0 Å². The normalized spacial score (nSPS) is 27.4. The smallest absolute Gasteiger partial charge is 0.0627 e. The van der Waals surface area contributed by atoms with Crippen LogP contribution in [0.2, 0.25) is 0 Å². The summed E-state index contributed by atoms with van der Waals surface area (Å²) in [5.41, 5.74) is 0.0698. The molecule has 0 aromatic carbocycles. The number of nitrogens with one attached hydrogen (secondary N) is 1. The minimum absolute atomic E-state index is 0.0698. The lowest BCUT2D eigenvalue weighted by Gasteiger charge is -2.40. The minimum atomic E-state index is 0.0698. The Morgan fingerprint density at radius 1 is 1.29 bits per heavy atom. The van der Waals surface area contributed by atoms with Crippen molar-refractivity contribution in [3.05, 3.63) is 0 Å². The van der Waals surface area contributed by atoms with Crippen molar-refractivity contribution >= 4 is 0 Å². The molecule has 2 heteroatoms. The maximum Gasteiger partial charge on any atom is 0.0627 e. The molecule has 0 bridgehead atoms. The molecule has 0 aromatic rings. The molecule has 0 saturated heterocycles. The predicted octanol–water partition coefficient (Wildman–Crippen LogP) is 2.72. The molecular formula is C12H25NO. The summed E-state index contributed by atoms with van der Waals surface area (Å²) in [6.45, 7) is 9.90. The maximum absolute atomic E-state index is 5.99. The largest absolute Gasteiger partial charge is 0.372 e. The summed E-state index contributed by atoms with van der Waals surface area (Å²) in [5.74, 6) is 0. The van der Waals surface area contributed by atoms with E-state index in [2.05, 4.69) is 33.0 Å². The van der Waals surface area contributed by atoms with Gasteiger partial charge in [-0.25, -0.2) is 0 Å². The summed E-state index contributed by atoms with van der Waals surface area (Å²) >= 11 is 0. The van der Waals surface area contributed by atoms with Gasteiger partial charge in [-0.1, -0.05) is 13.8 Å². The van der Waals surface area contributed by atoms with Crippen LogP contribution in [-0.2, 0) is 4.74 Å². The van der Waals surface area contributed by atoms with Crippen LogP contribution in [0.3, 0.4) is 0 Å². The second kappa shape index (κ2) is 5.13. The summed E-state index contributed by atoms with van der Waals surface area (Å²) in [4.78, 5) is 0. The molecule has 1 aliphatic carbocycles. The van der Waals surface area contributed by atoms with Gasteiger partial charge in [0.15, 0.2) is 0 Å². The first-order valence-electron chi connectivity index (χ1n) is 5.98. The molecule has 0 amide bonds. The summed E-state index contributed by atoms with van der Waals surface area (Å²) in [7, 11) is 0. The van der Waals surface area contributed by atoms with E-state index >= 15 is 0 Å². The van der Waals surface area contributed by atoms with E-state index in [0.29, 0.717) is 12.1 Å². The van der Waals surface area contributed by atoms with Gasteiger partial charge in [0, 0.05) is 6.04 Å². The van der Waals surface area contributed by atoms with Gasteiger partial charge in [-0.05, 0) is 46.1 Å². The zero-order valence-electron chi connectivity index (χ0n) is 10.1. The van der Waals surface area contributed by atoms with Crippen molar-refractivity contribution in [2.24, 2.45) is 0 Å². The van der Waals surface area contributed by atoms with E-state index < -0.39 is 0 Å². The second-order valence-electron chi connectivity index (χ2n) is 4.98. The lowest BCUT2D eigenvalue weighted by atomic mass is 9.88. The Hall–Kier alpha value is -0.0800. The number of hydrogen-bond donors (Lipinski definition) is 1. The molecule has 84 valence electrons. The van der Waals surface area contributed by atoms with E-state index in [9.17, 15) is 0 Å². The van der Waals surface area contributed by atoms with Crippen molar-refractivity contribution in [3.63, 3.8) is 0 Å². The van der Waals surface area contributed by atoms with Gasteiger partial charge in [0.05, 0.1) is 11.7 Å². The molecule has 1 aliphatic rings. The molecule has 2 nitrogen and oxygen atoms in total. The Kier molecular flexibility index (Phi) is 4.39. The lowest BCUT2D eigenvalue weighted by Crippen LogP contribution is -2.48. The third kappa shape index (κ3) is 3.58. The lowest BCUT2D eigenvalue weighted by molar-refractivity contribution is -0.113. The van der Waals surface area contributed by atoms with Crippen molar-refractivity contribution in [1.29, 1.82) is 0 Å². The third-order valence-corrected chi connectivity index (χ3v) is 3.11. The van der Waals surface area contributed by atoms with Crippen molar-refractivity contribution < 1.29 is 4.74 Å². The Morgan fingerprint density at radius 3 is 2.43 bits per heavy atom. The fraction of sp³-hybridized carbons (Fsp3) is 1.00. The molecule has 0 unspecified atom stereocenters. The van der Waals surface area contributed by atoms with Crippen molar-refractivity contribution in [2.45, 2.75) is 71.1 Å². The van der Waals surface area contributed by atoms with Gasteiger partial charge in [0.1, 0.15) is 0 Å². The van der Waals surface area contributed by atoms with Crippen LogP contribution in [-0.4, -0.2) is 24.3 Å². The molecule has 1 N–H and O–H groups in total. The van der Waals surface area contributed by atoms with Crippen molar-refractivity contribution in [1.82, 2.24) is 5.32 Å². The SMILES string of the molecule is CCCNC1CC(OC(C)(C)CC)C1. The van der Waals surface area contributed by atoms with Crippen LogP contribution in [0.5, 0.6) is 0 Å².